The van der Waals surface area contributed by atoms with Gasteiger partial charge in [-0.2, -0.15) is 0 Å². The minimum absolute atomic E-state index is 0.108. The van der Waals surface area contributed by atoms with Gasteiger partial charge in [-0.3, -0.25) is 4.79 Å². The van der Waals surface area contributed by atoms with E-state index >= 15 is 0 Å². The van der Waals surface area contributed by atoms with Gasteiger partial charge in [-0.05, 0) is 24.6 Å². The van der Waals surface area contributed by atoms with Crippen LogP contribution in [0, 0.1) is 0 Å². The first-order chi connectivity index (χ1) is 10.8. The lowest BCUT2D eigenvalue weighted by molar-refractivity contribution is 0.0858. The summed E-state index contributed by atoms with van der Waals surface area (Å²) in [6.45, 7) is 0.731. The number of rotatable bonds is 1. The first-order valence-electron chi connectivity index (χ1n) is 7.42. The zero-order chi connectivity index (χ0) is 14.7. The summed E-state index contributed by atoms with van der Waals surface area (Å²) >= 11 is 0. The Morgan fingerprint density at radius 1 is 1.00 bits per heavy atom. The largest absolute Gasteiger partial charge is 0.338 e. The van der Waals surface area contributed by atoms with Crippen molar-refractivity contribution in [3.63, 3.8) is 0 Å². The number of nitrogens with zero attached hydrogens (tertiary/aromatic N) is 2. The highest BCUT2D eigenvalue weighted by Crippen LogP contribution is 2.43. The Morgan fingerprint density at radius 3 is 2.64 bits per heavy atom. The topological polar surface area (TPSA) is 49.0 Å². The predicted molar refractivity (Wildman–Crippen MR) is 85.0 cm³/mol. The van der Waals surface area contributed by atoms with Crippen LogP contribution in [0.4, 0.5) is 0 Å². The van der Waals surface area contributed by atoms with Crippen LogP contribution in [0.2, 0.25) is 0 Å². The first-order valence-corrected chi connectivity index (χ1v) is 7.42. The van der Waals surface area contributed by atoms with Gasteiger partial charge in [0.25, 0.3) is 5.91 Å². The lowest BCUT2D eigenvalue weighted by atomic mass is 10.0. The lowest BCUT2D eigenvalue weighted by Gasteiger charge is -2.10. The Balaban J connectivity index is 1.76. The second kappa shape index (κ2) is 4.07. The molecule has 0 bridgehead atoms. The minimum Gasteiger partial charge on any atom is -0.338 e. The highest BCUT2D eigenvalue weighted by atomic mass is 16.2. The van der Waals surface area contributed by atoms with Crippen molar-refractivity contribution in [1.82, 2.24) is 14.9 Å². The number of carbonyl (C=O) groups is 1. The third-order valence-corrected chi connectivity index (χ3v) is 4.47. The van der Waals surface area contributed by atoms with Crippen molar-refractivity contribution in [2.24, 2.45) is 0 Å². The number of fused-ring (bicyclic) bond motifs is 4. The van der Waals surface area contributed by atoms with E-state index < -0.39 is 0 Å². The Bertz CT molecular complexity index is 934. The molecule has 1 aromatic heterocycles. The summed E-state index contributed by atoms with van der Waals surface area (Å²) in [5.74, 6) is 0.986. The maximum Gasteiger partial charge on any atom is 0.258 e. The standard InChI is InChI=1S/C18H13N3O/c22-18-12-6-2-1-5-11(12)16-13(9-10-21(16)18)17-19-14-7-3-4-8-15(14)20-17/h1-8H,9-10H2,(H,19,20). The van der Waals surface area contributed by atoms with Gasteiger partial charge in [-0.25, -0.2) is 4.98 Å². The molecule has 22 heavy (non-hydrogen) atoms. The molecular formula is C18H13N3O. The lowest BCUT2D eigenvalue weighted by Crippen LogP contribution is -2.20. The van der Waals surface area contributed by atoms with E-state index in [2.05, 4.69) is 4.98 Å². The van der Waals surface area contributed by atoms with Crippen LogP contribution in [0.3, 0.4) is 0 Å². The normalized spacial score (nSPS) is 16.5. The van der Waals surface area contributed by atoms with E-state index in [9.17, 15) is 4.79 Å². The molecule has 2 aliphatic heterocycles. The van der Waals surface area contributed by atoms with Gasteiger partial charge in [0, 0.05) is 23.2 Å². The molecule has 0 atom stereocenters. The molecule has 0 saturated carbocycles. The molecule has 3 heterocycles. The highest BCUT2D eigenvalue weighted by Gasteiger charge is 2.38. The molecule has 5 rings (SSSR count). The Labute approximate surface area is 127 Å². The van der Waals surface area contributed by atoms with E-state index in [1.807, 2.05) is 53.4 Å². The quantitative estimate of drug-likeness (QED) is 0.746. The van der Waals surface area contributed by atoms with Crippen LogP contribution < -0.4 is 0 Å². The molecule has 0 fully saturated rings. The molecule has 106 valence electrons. The van der Waals surface area contributed by atoms with Crippen LogP contribution in [0.25, 0.3) is 22.3 Å². The van der Waals surface area contributed by atoms with Gasteiger partial charge in [0.15, 0.2) is 0 Å². The number of para-hydroxylation sites is 2. The molecule has 3 aromatic rings. The third kappa shape index (κ3) is 1.41. The summed E-state index contributed by atoms with van der Waals surface area (Å²) in [5.41, 5.74) is 5.98. The van der Waals surface area contributed by atoms with Crippen LogP contribution in [-0.4, -0.2) is 27.3 Å². The number of hydrogen-bond donors (Lipinski definition) is 1. The molecule has 0 saturated heterocycles. The van der Waals surface area contributed by atoms with E-state index in [1.54, 1.807) is 0 Å². The Kier molecular flexibility index (Phi) is 2.17. The fourth-order valence-electron chi connectivity index (χ4n) is 3.48. The molecular weight excluding hydrogens is 274 g/mol. The summed E-state index contributed by atoms with van der Waals surface area (Å²) in [7, 11) is 0. The molecule has 1 amide bonds. The van der Waals surface area contributed by atoms with Gasteiger partial charge in [0.2, 0.25) is 0 Å². The fraction of sp³-hybridized carbons (Fsp3) is 0.111. The van der Waals surface area contributed by atoms with Crippen LogP contribution in [0.1, 0.15) is 28.2 Å². The number of aromatic nitrogens is 2. The number of aromatic amines is 1. The van der Waals surface area contributed by atoms with E-state index in [0.717, 1.165) is 52.2 Å². The minimum atomic E-state index is 0.108. The van der Waals surface area contributed by atoms with Gasteiger partial charge in [-0.1, -0.05) is 30.3 Å². The second-order valence-electron chi connectivity index (χ2n) is 5.68. The van der Waals surface area contributed by atoms with Gasteiger partial charge < -0.3 is 9.88 Å². The summed E-state index contributed by atoms with van der Waals surface area (Å²) in [4.78, 5) is 22.5. The molecule has 2 aromatic carbocycles. The van der Waals surface area contributed by atoms with E-state index in [0.29, 0.717) is 0 Å². The monoisotopic (exact) mass is 287 g/mol. The molecule has 4 nitrogen and oxygen atoms in total. The zero-order valence-corrected chi connectivity index (χ0v) is 11.8. The van der Waals surface area contributed by atoms with Crippen LogP contribution in [-0.2, 0) is 0 Å². The number of hydrogen-bond acceptors (Lipinski definition) is 2. The maximum absolute atomic E-state index is 12.5. The number of imidazole rings is 1. The van der Waals surface area contributed by atoms with Crippen LogP contribution >= 0.6 is 0 Å². The van der Waals surface area contributed by atoms with Gasteiger partial charge in [0.1, 0.15) is 5.82 Å². The smallest absolute Gasteiger partial charge is 0.258 e. The number of carbonyl (C=O) groups excluding carboxylic acids is 1. The Morgan fingerprint density at radius 2 is 1.77 bits per heavy atom. The molecule has 4 heteroatoms. The zero-order valence-electron chi connectivity index (χ0n) is 11.8. The van der Waals surface area contributed by atoms with Crippen molar-refractivity contribution in [2.45, 2.75) is 6.42 Å². The highest BCUT2D eigenvalue weighted by molar-refractivity contribution is 6.14. The van der Waals surface area contributed by atoms with Crippen molar-refractivity contribution in [1.29, 1.82) is 0 Å². The molecule has 0 spiro atoms. The van der Waals surface area contributed by atoms with E-state index in [1.165, 1.54) is 0 Å². The predicted octanol–water partition coefficient (Wildman–Crippen LogP) is 3.29. The van der Waals surface area contributed by atoms with Crippen molar-refractivity contribution in [2.75, 3.05) is 6.54 Å². The maximum atomic E-state index is 12.5. The summed E-state index contributed by atoms with van der Waals surface area (Å²) < 4.78 is 0. The van der Waals surface area contributed by atoms with Gasteiger partial charge in [0.05, 0.1) is 16.7 Å². The molecule has 0 unspecified atom stereocenters. The first kappa shape index (κ1) is 11.7. The summed E-state index contributed by atoms with van der Waals surface area (Å²) in [6, 6.07) is 15.8. The molecule has 0 aliphatic carbocycles. The Hall–Kier alpha value is -2.88. The van der Waals surface area contributed by atoms with E-state index in [-0.39, 0.29) is 5.91 Å². The number of nitrogens with one attached hydrogen (secondary N) is 1. The average Bonchev–Trinajstić information content (AvgIpc) is 3.22. The third-order valence-electron chi connectivity index (χ3n) is 4.47. The van der Waals surface area contributed by atoms with Gasteiger partial charge >= 0.3 is 0 Å². The number of benzene rings is 2. The van der Waals surface area contributed by atoms with Crippen LogP contribution in [0.5, 0.6) is 0 Å². The van der Waals surface area contributed by atoms with Crippen molar-refractivity contribution < 1.29 is 4.79 Å². The SMILES string of the molecule is O=C1c2ccccc2C2=C(c3nc4ccccc4[nH]3)CCN12. The van der Waals surface area contributed by atoms with E-state index in [4.69, 9.17) is 4.98 Å². The van der Waals surface area contributed by atoms with Gasteiger partial charge in [-0.15, -0.1) is 0 Å². The van der Waals surface area contributed by atoms with Crippen molar-refractivity contribution >= 4 is 28.2 Å². The van der Waals surface area contributed by atoms with Crippen molar-refractivity contribution in [3.8, 4) is 0 Å². The summed E-state index contributed by atoms with van der Waals surface area (Å²) in [6.07, 6.45) is 0.842. The number of amides is 1. The average molecular weight is 287 g/mol. The second-order valence-corrected chi connectivity index (χ2v) is 5.68. The van der Waals surface area contributed by atoms with Crippen molar-refractivity contribution in [3.05, 3.63) is 65.5 Å². The fourth-order valence-corrected chi connectivity index (χ4v) is 3.48. The molecule has 0 radical (unpaired) electrons. The molecule has 2 aliphatic rings. The molecule has 1 N–H and O–H groups in total. The summed E-state index contributed by atoms with van der Waals surface area (Å²) in [5, 5.41) is 0. The number of H-pyrrole nitrogens is 1. The van der Waals surface area contributed by atoms with Crippen LogP contribution in [0.15, 0.2) is 48.5 Å².